The second kappa shape index (κ2) is 4.81. The normalized spacial score (nSPS) is 26.8. The largest absolute Gasteiger partial charge is 0.365 e. The van der Waals surface area contributed by atoms with Crippen molar-refractivity contribution in [2.75, 3.05) is 0 Å². The van der Waals surface area contributed by atoms with Gasteiger partial charge in [-0.3, -0.25) is 20.4 Å². The third-order valence-corrected chi connectivity index (χ3v) is 2.11. The molecule has 0 spiro atoms. The molecule has 0 bridgehead atoms. The number of hydrazine groups is 1. The molecular formula is C8H14N2O3. The summed E-state index contributed by atoms with van der Waals surface area (Å²) in [5.41, 5.74) is 4.33. The molecule has 2 unspecified atom stereocenters. The summed E-state index contributed by atoms with van der Waals surface area (Å²) in [6.45, 7) is 2.02. The van der Waals surface area contributed by atoms with E-state index in [0.717, 1.165) is 19.3 Å². The van der Waals surface area contributed by atoms with Gasteiger partial charge in [0.1, 0.15) is 6.10 Å². The molecule has 5 nitrogen and oxygen atoms in total. The van der Waals surface area contributed by atoms with Gasteiger partial charge in [0.05, 0.1) is 6.10 Å². The van der Waals surface area contributed by atoms with Gasteiger partial charge in [-0.2, -0.15) is 0 Å². The fourth-order valence-electron chi connectivity index (χ4n) is 1.38. The van der Waals surface area contributed by atoms with E-state index in [0.29, 0.717) is 6.41 Å². The molecule has 5 heteroatoms. The zero-order chi connectivity index (χ0) is 9.68. The van der Waals surface area contributed by atoms with Crippen LogP contribution < -0.4 is 10.9 Å². The summed E-state index contributed by atoms with van der Waals surface area (Å²) in [6, 6.07) is 0. The van der Waals surface area contributed by atoms with E-state index in [-0.39, 0.29) is 12.0 Å². The summed E-state index contributed by atoms with van der Waals surface area (Å²) in [6.07, 6.45) is 2.76. The molecular weight excluding hydrogens is 172 g/mol. The quantitative estimate of drug-likeness (QED) is 0.469. The van der Waals surface area contributed by atoms with E-state index in [1.807, 2.05) is 6.92 Å². The van der Waals surface area contributed by atoms with Crippen LogP contribution in [0.5, 0.6) is 0 Å². The Hall–Kier alpha value is -1.10. The van der Waals surface area contributed by atoms with Crippen LogP contribution in [0.4, 0.5) is 0 Å². The summed E-state index contributed by atoms with van der Waals surface area (Å²) in [5, 5.41) is 0. The van der Waals surface area contributed by atoms with Crippen molar-refractivity contribution in [1.82, 2.24) is 10.9 Å². The highest BCUT2D eigenvalue weighted by Gasteiger charge is 2.29. The van der Waals surface area contributed by atoms with Crippen LogP contribution in [0.15, 0.2) is 0 Å². The Morgan fingerprint density at radius 3 is 2.92 bits per heavy atom. The molecule has 0 aromatic heterocycles. The van der Waals surface area contributed by atoms with Crippen molar-refractivity contribution in [1.29, 1.82) is 0 Å². The van der Waals surface area contributed by atoms with Crippen LogP contribution in [0, 0.1) is 0 Å². The van der Waals surface area contributed by atoms with Crippen LogP contribution in [0.3, 0.4) is 0 Å². The Bertz CT molecular complexity index is 196. The Balaban J connectivity index is 2.28. The van der Waals surface area contributed by atoms with E-state index >= 15 is 0 Å². The smallest absolute Gasteiger partial charge is 0.267 e. The molecule has 2 N–H and O–H groups in total. The van der Waals surface area contributed by atoms with Crippen molar-refractivity contribution < 1.29 is 14.3 Å². The molecule has 0 radical (unpaired) electrons. The van der Waals surface area contributed by atoms with Gasteiger partial charge in [-0.15, -0.1) is 0 Å². The monoisotopic (exact) mass is 186 g/mol. The van der Waals surface area contributed by atoms with Crippen LogP contribution in [0.1, 0.15) is 26.2 Å². The van der Waals surface area contributed by atoms with Gasteiger partial charge in [-0.25, -0.2) is 0 Å². The van der Waals surface area contributed by atoms with E-state index in [2.05, 4.69) is 10.9 Å². The molecule has 0 saturated carbocycles. The minimum Gasteiger partial charge on any atom is -0.365 e. The van der Waals surface area contributed by atoms with Crippen LogP contribution in [-0.2, 0) is 14.3 Å². The molecule has 1 heterocycles. The topological polar surface area (TPSA) is 67.4 Å². The molecule has 13 heavy (non-hydrogen) atoms. The molecule has 1 fully saturated rings. The van der Waals surface area contributed by atoms with Crippen molar-refractivity contribution in [3.8, 4) is 0 Å². The van der Waals surface area contributed by atoms with Crippen molar-refractivity contribution >= 4 is 12.3 Å². The first-order valence-electron chi connectivity index (χ1n) is 4.42. The van der Waals surface area contributed by atoms with Gasteiger partial charge in [-0.1, -0.05) is 6.92 Å². The van der Waals surface area contributed by atoms with Gasteiger partial charge >= 0.3 is 0 Å². The summed E-state index contributed by atoms with van der Waals surface area (Å²) >= 11 is 0. The van der Waals surface area contributed by atoms with Gasteiger partial charge in [0.15, 0.2) is 0 Å². The molecule has 1 aliphatic heterocycles. The lowest BCUT2D eigenvalue weighted by Crippen LogP contribution is -2.42. The van der Waals surface area contributed by atoms with Crippen molar-refractivity contribution in [2.45, 2.75) is 38.4 Å². The molecule has 2 atom stereocenters. The standard InChI is InChI=1S/C8H14N2O3/c1-2-6-3-4-7(13-6)8(12)10-9-5-11/h5-7H,2-4H2,1H3,(H,9,11)(H,10,12). The molecule has 1 rings (SSSR count). The molecule has 0 aliphatic carbocycles. The molecule has 1 saturated heterocycles. The first-order valence-corrected chi connectivity index (χ1v) is 4.42. The number of hydrogen-bond donors (Lipinski definition) is 2. The van der Waals surface area contributed by atoms with Crippen molar-refractivity contribution in [3.63, 3.8) is 0 Å². The SMILES string of the molecule is CCC1CCC(C(=O)NNC=O)O1. The van der Waals surface area contributed by atoms with Gasteiger partial charge < -0.3 is 4.74 Å². The van der Waals surface area contributed by atoms with E-state index in [9.17, 15) is 9.59 Å². The Morgan fingerprint density at radius 1 is 1.62 bits per heavy atom. The van der Waals surface area contributed by atoms with E-state index in [1.54, 1.807) is 0 Å². The Kier molecular flexibility index (Phi) is 3.70. The lowest BCUT2D eigenvalue weighted by molar-refractivity contribution is -0.134. The zero-order valence-corrected chi connectivity index (χ0v) is 7.58. The second-order valence-corrected chi connectivity index (χ2v) is 2.98. The molecule has 2 amide bonds. The predicted molar refractivity (Wildman–Crippen MR) is 45.5 cm³/mol. The van der Waals surface area contributed by atoms with E-state index < -0.39 is 6.10 Å². The Morgan fingerprint density at radius 2 is 2.38 bits per heavy atom. The zero-order valence-electron chi connectivity index (χ0n) is 7.58. The van der Waals surface area contributed by atoms with Crippen LogP contribution >= 0.6 is 0 Å². The Labute approximate surface area is 76.8 Å². The highest BCUT2D eigenvalue weighted by Crippen LogP contribution is 2.21. The van der Waals surface area contributed by atoms with E-state index in [4.69, 9.17) is 4.74 Å². The van der Waals surface area contributed by atoms with Crippen LogP contribution in [-0.4, -0.2) is 24.5 Å². The predicted octanol–water partition coefficient (Wildman–Crippen LogP) is -0.279. The summed E-state index contributed by atoms with van der Waals surface area (Å²) in [5.74, 6) is -0.275. The van der Waals surface area contributed by atoms with Crippen LogP contribution in [0.2, 0.25) is 0 Å². The summed E-state index contributed by atoms with van der Waals surface area (Å²) in [7, 11) is 0. The summed E-state index contributed by atoms with van der Waals surface area (Å²) < 4.78 is 5.40. The molecule has 1 aliphatic rings. The number of nitrogens with one attached hydrogen (secondary N) is 2. The van der Waals surface area contributed by atoms with Gasteiger partial charge in [0, 0.05) is 0 Å². The minimum atomic E-state index is -0.405. The van der Waals surface area contributed by atoms with Crippen LogP contribution in [0.25, 0.3) is 0 Å². The number of rotatable bonds is 4. The van der Waals surface area contributed by atoms with Gasteiger partial charge in [0.25, 0.3) is 5.91 Å². The van der Waals surface area contributed by atoms with Gasteiger partial charge in [-0.05, 0) is 19.3 Å². The van der Waals surface area contributed by atoms with E-state index in [1.165, 1.54) is 0 Å². The fourth-order valence-corrected chi connectivity index (χ4v) is 1.38. The fraction of sp³-hybridized carbons (Fsp3) is 0.750. The average Bonchev–Trinajstić information content (AvgIpc) is 2.62. The maximum absolute atomic E-state index is 11.2. The second-order valence-electron chi connectivity index (χ2n) is 2.98. The number of carbonyl (C=O) groups is 2. The number of amides is 2. The number of hydrogen-bond acceptors (Lipinski definition) is 3. The number of ether oxygens (including phenoxy) is 1. The highest BCUT2D eigenvalue weighted by atomic mass is 16.5. The first kappa shape index (κ1) is 9.98. The van der Waals surface area contributed by atoms with Gasteiger partial charge in [0.2, 0.25) is 6.41 Å². The maximum atomic E-state index is 11.2. The molecule has 0 aromatic carbocycles. The lowest BCUT2D eigenvalue weighted by atomic mass is 10.1. The summed E-state index contributed by atoms with van der Waals surface area (Å²) in [4.78, 5) is 21.1. The third-order valence-electron chi connectivity index (χ3n) is 2.11. The molecule has 0 aromatic rings. The van der Waals surface area contributed by atoms with Crippen molar-refractivity contribution in [2.24, 2.45) is 0 Å². The first-order chi connectivity index (χ1) is 6.27. The third kappa shape index (κ3) is 2.69. The lowest BCUT2D eigenvalue weighted by Gasteiger charge is -2.11. The van der Waals surface area contributed by atoms with Crippen molar-refractivity contribution in [3.05, 3.63) is 0 Å². The number of carbonyl (C=O) groups excluding carboxylic acids is 2. The average molecular weight is 186 g/mol. The molecule has 74 valence electrons. The highest BCUT2D eigenvalue weighted by molar-refractivity contribution is 5.81. The minimum absolute atomic E-state index is 0.187. The maximum Gasteiger partial charge on any atom is 0.267 e.